The Bertz CT molecular complexity index is 1790. The maximum Gasteiger partial charge on any atom is 0.338 e. The number of amides is 1. The number of ether oxygens (including phenoxy) is 1. The summed E-state index contributed by atoms with van der Waals surface area (Å²) in [7, 11) is 0. The Labute approximate surface area is 232 Å². The molecule has 0 saturated heterocycles. The monoisotopic (exact) mass is 527 g/mol. The maximum atomic E-state index is 13.5. The van der Waals surface area contributed by atoms with Crippen LogP contribution in [0.5, 0.6) is 0 Å². The summed E-state index contributed by atoms with van der Waals surface area (Å²) in [6.07, 6.45) is 4.97. The standard InChI is InChI=1S/C34H29N3O3/c38-33(21-40-34(39)26-16-17-30-28(19-26)27-12-6-7-13-29(27)35-30)37-32(23-9-2-1-3-10-23)20-31(36-37)25-15-14-22-8-4-5-11-24(22)18-25/h1-5,8-11,14-19,32,35H,6-7,12-13,20-21H2/t32-/m0/s1. The highest BCUT2D eigenvalue weighted by atomic mass is 16.5. The van der Waals surface area contributed by atoms with Gasteiger partial charge < -0.3 is 9.72 Å². The number of carbonyl (C=O) groups excluding carboxylic acids is 2. The summed E-state index contributed by atoms with van der Waals surface area (Å²) in [5, 5.41) is 9.60. The number of esters is 1. The average molecular weight is 528 g/mol. The smallest absolute Gasteiger partial charge is 0.338 e. The molecule has 2 aliphatic rings. The van der Waals surface area contributed by atoms with Gasteiger partial charge in [0.25, 0.3) is 5.91 Å². The van der Waals surface area contributed by atoms with Crippen molar-refractivity contribution in [2.75, 3.05) is 6.61 Å². The summed E-state index contributed by atoms with van der Waals surface area (Å²) in [6.45, 7) is -0.375. The first-order valence-corrected chi connectivity index (χ1v) is 13.9. The highest BCUT2D eigenvalue weighted by Crippen LogP contribution is 2.34. The van der Waals surface area contributed by atoms with Crippen molar-refractivity contribution in [3.63, 3.8) is 0 Å². The van der Waals surface area contributed by atoms with Gasteiger partial charge in [-0.05, 0) is 77.4 Å². The number of fused-ring (bicyclic) bond motifs is 4. The van der Waals surface area contributed by atoms with Crippen LogP contribution in [0.1, 0.15) is 58.0 Å². The summed E-state index contributed by atoms with van der Waals surface area (Å²) in [5.74, 6) is -0.853. The van der Waals surface area contributed by atoms with E-state index in [1.807, 2.05) is 60.7 Å². The van der Waals surface area contributed by atoms with Crippen LogP contribution in [0.25, 0.3) is 21.7 Å². The second-order valence-corrected chi connectivity index (χ2v) is 10.6. The van der Waals surface area contributed by atoms with E-state index in [0.29, 0.717) is 12.0 Å². The number of hydrazone groups is 1. The largest absolute Gasteiger partial charge is 0.452 e. The third kappa shape index (κ3) is 4.45. The second-order valence-electron chi connectivity index (χ2n) is 10.6. The van der Waals surface area contributed by atoms with Gasteiger partial charge in [0.05, 0.1) is 17.3 Å². The van der Waals surface area contributed by atoms with Crippen LogP contribution in [0.3, 0.4) is 0 Å². The van der Waals surface area contributed by atoms with E-state index < -0.39 is 5.97 Å². The molecule has 1 N–H and O–H groups in total. The van der Waals surface area contributed by atoms with E-state index in [1.165, 1.54) is 22.7 Å². The van der Waals surface area contributed by atoms with E-state index in [4.69, 9.17) is 9.84 Å². The minimum atomic E-state index is -0.504. The van der Waals surface area contributed by atoms with Crippen molar-refractivity contribution < 1.29 is 14.3 Å². The first kappa shape index (κ1) is 24.3. The fourth-order valence-electron chi connectivity index (χ4n) is 6.03. The number of benzene rings is 4. The van der Waals surface area contributed by atoms with Crippen LogP contribution >= 0.6 is 0 Å². The summed E-state index contributed by atoms with van der Waals surface area (Å²) < 4.78 is 5.55. The third-order valence-electron chi connectivity index (χ3n) is 8.09. The van der Waals surface area contributed by atoms with Crippen molar-refractivity contribution in [1.82, 2.24) is 9.99 Å². The van der Waals surface area contributed by atoms with Crippen molar-refractivity contribution >= 4 is 39.3 Å². The molecular weight excluding hydrogens is 498 g/mol. The fraction of sp³-hybridized carbons (Fsp3) is 0.206. The zero-order chi connectivity index (χ0) is 27.1. The van der Waals surface area contributed by atoms with Crippen molar-refractivity contribution in [3.8, 4) is 0 Å². The topological polar surface area (TPSA) is 74.8 Å². The molecule has 2 heterocycles. The molecule has 4 aromatic carbocycles. The third-order valence-corrected chi connectivity index (χ3v) is 8.09. The number of hydrogen-bond donors (Lipinski definition) is 1. The predicted molar refractivity (Wildman–Crippen MR) is 156 cm³/mol. The number of nitrogens with one attached hydrogen (secondary N) is 1. The molecule has 1 aliphatic carbocycles. The number of aromatic amines is 1. The van der Waals surface area contributed by atoms with Gasteiger partial charge in [0, 0.05) is 23.0 Å². The molecule has 0 saturated carbocycles. The molecule has 0 radical (unpaired) electrons. The van der Waals surface area contributed by atoms with Crippen molar-refractivity contribution in [2.45, 2.75) is 38.1 Å². The number of H-pyrrole nitrogens is 1. The molecule has 40 heavy (non-hydrogen) atoms. The Morgan fingerprint density at radius 2 is 1.68 bits per heavy atom. The Morgan fingerprint density at radius 3 is 2.55 bits per heavy atom. The second kappa shape index (κ2) is 10.1. The van der Waals surface area contributed by atoms with Crippen LogP contribution in [0.4, 0.5) is 0 Å². The number of aromatic nitrogens is 1. The lowest BCUT2D eigenvalue weighted by Crippen LogP contribution is -2.31. The van der Waals surface area contributed by atoms with Crippen molar-refractivity contribution in [2.24, 2.45) is 5.10 Å². The van der Waals surface area contributed by atoms with Crippen LogP contribution in [0, 0.1) is 0 Å². The molecule has 1 atom stereocenters. The number of rotatable bonds is 5. The highest BCUT2D eigenvalue weighted by molar-refractivity contribution is 6.06. The molecule has 0 bridgehead atoms. The first-order valence-electron chi connectivity index (χ1n) is 13.9. The zero-order valence-electron chi connectivity index (χ0n) is 22.1. The van der Waals surface area contributed by atoms with E-state index in [2.05, 4.69) is 29.2 Å². The van der Waals surface area contributed by atoms with Gasteiger partial charge in [-0.25, -0.2) is 9.80 Å². The lowest BCUT2D eigenvalue weighted by molar-refractivity contribution is -0.136. The minimum absolute atomic E-state index is 0.267. The summed E-state index contributed by atoms with van der Waals surface area (Å²) in [4.78, 5) is 30.0. The minimum Gasteiger partial charge on any atom is -0.452 e. The summed E-state index contributed by atoms with van der Waals surface area (Å²) in [5.41, 5.74) is 6.86. The van der Waals surface area contributed by atoms with Crippen molar-refractivity contribution in [1.29, 1.82) is 0 Å². The highest BCUT2D eigenvalue weighted by Gasteiger charge is 2.33. The van der Waals surface area contributed by atoms with Gasteiger partial charge in [-0.2, -0.15) is 5.10 Å². The lowest BCUT2D eigenvalue weighted by Gasteiger charge is -2.21. The molecule has 1 aromatic heterocycles. The van der Waals surface area contributed by atoms with Crippen LogP contribution in [0.2, 0.25) is 0 Å². The van der Waals surface area contributed by atoms with Crippen molar-refractivity contribution in [3.05, 3.63) is 119 Å². The average Bonchev–Trinajstić information content (AvgIpc) is 3.62. The zero-order valence-corrected chi connectivity index (χ0v) is 22.1. The molecule has 7 rings (SSSR count). The predicted octanol–water partition coefficient (Wildman–Crippen LogP) is 6.73. The summed E-state index contributed by atoms with van der Waals surface area (Å²) in [6, 6.07) is 29.6. The molecule has 1 aliphatic heterocycles. The van der Waals surface area contributed by atoms with Gasteiger partial charge in [0.2, 0.25) is 0 Å². The number of aryl methyl sites for hydroxylation is 2. The van der Waals surface area contributed by atoms with Gasteiger partial charge in [-0.1, -0.05) is 66.7 Å². The Morgan fingerprint density at radius 1 is 0.875 bits per heavy atom. The quantitative estimate of drug-likeness (QED) is 0.257. The molecule has 1 amide bonds. The van der Waals surface area contributed by atoms with E-state index in [1.54, 1.807) is 6.07 Å². The van der Waals surface area contributed by atoms with E-state index in [-0.39, 0.29) is 18.6 Å². The Balaban J connectivity index is 1.12. The van der Waals surface area contributed by atoms with E-state index in [9.17, 15) is 9.59 Å². The van der Waals surface area contributed by atoms with Crippen LogP contribution in [-0.4, -0.2) is 34.2 Å². The molecular formula is C34H29N3O3. The van der Waals surface area contributed by atoms with Gasteiger partial charge in [-0.3, -0.25) is 4.79 Å². The van der Waals surface area contributed by atoms with Gasteiger partial charge >= 0.3 is 5.97 Å². The number of carbonyl (C=O) groups is 2. The van der Waals surface area contributed by atoms with E-state index in [0.717, 1.165) is 57.8 Å². The Hall–Kier alpha value is -4.71. The SMILES string of the molecule is O=C(OCC(=O)N1N=C(c2ccc3ccccc3c2)C[C@H]1c1ccccc1)c1ccc2[nH]c3c(c2c1)CCCC3. The van der Waals surface area contributed by atoms with Gasteiger partial charge in [0.1, 0.15) is 0 Å². The lowest BCUT2D eigenvalue weighted by atomic mass is 9.95. The maximum absolute atomic E-state index is 13.5. The molecule has 5 aromatic rings. The first-order chi connectivity index (χ1) is 19.6. The van der Waals surface area contributed by atoms with Gasteiger partial charge in [0.15, 0.2) is 6.61 Å². The summed E-state index contributed by atoms with van der Waals surface area (Å²) >= 11 is 0. The number of hydrogen-bond acceptors (Lipinski definition) is 4. The molecule has 0 spiro atoms. The fourth-order valence-corrected chi connectivity index (χ4v) is 6.03. The molecule has 198 valence electrons. The Kier molecular flexibility index (Phi) is 6.16. The van der Waals surface area contributed by atoms with E-state index >= 15 is 0 Å². The number of nitrogens with zero attached hydrogens (tertiary/aromatic N) is 2. The van der Waals surface area contributed by atoms with Crippen LogP contribution in [-0.2, 0) is 22.4 Å². The molecule has 0 unspecified atom stereocenters. The van der Waals surface area contributed by atoms with Crippen LogP contribution < -0.4 is 0 Å². The molecule has 6 nitrogen and oxygen atoms in total. The van der Waals surface area contributed by atoms with Crippen LogP contribution in [0.15, 0.2) is 96.1 Å². The molecule has 6 heteroatoms. The van der Waals surface area contributed by atoms with Gasteiger partial charge in [-0.15, -0.1) is 0 Å². The molecule has 0 fully saturated rings. The normalized spacial score (nSPS) is 16.6.